The van der Waals surface area contributed by atoms with Crippen molar-refractivity contribution in [3.05, 3.63) is 84.3 Å². The summed E-state index contributed by atoms with van der Waals surface area (Å²) in [6, 6.07) is 20.7. The molecule has 1 aliphatic rings. The second-order valence-electron chi connectivity index (χ2n) is 7.76. The van der Waals surface area contributed by atoms with Gasteiger partial charge in [0, 0.05) is 24.8 Å². The molecule has 3 aromatic rings. The van der Waals surface area contributed by atoms with Crippen molar-refractivity contribution < 1.29 is 18.7 Å². The fourth-order valence-electron chi connectivity index (χ4n) is 3.83. The maximum Gasteiger partial charge on any atom is 0.291 e. The SMILES string of the molecule is O=C(Nc1cccc(OCC(=O)N2CCC(Cc3ccccc3)CC2)c1)c1ccco1. The highest BCUT2D eigenvalue weighted by Crippen LogP contribution is 2.22. The molecular formula is C25H26N2O4. The summed E-state index contributed by atoms with van der Waals surface area (Å²) < 4.78 is 10.8. The number of hydrogen-bond acceptors (Lipinski definition) is 4. The first-order valence-corrected chi connectivity index (χ1v) is 10.6. The molecule has 0 bridgehead atoms. The van der Waals surface area contributed by atoms with Crippen LogP contribution in [-0.2, 0) is 11.2 Å². The van der Waals surface area contributed by atoms with Gasteiger partial charge in [-0.15, -0.1) is 0 Å². The maximum atomic E-state index is 12.6. The van der Waals surface area contributed by atoms with Gasteiger partial charge in [-0.3, -0.25) is 9.59 Å². The number of rotatable bonds is 7. The van der Waals surface area contributed by atoms with E-state index in [0.717, 1.165) is 32.4 Å². The molecule has 160 valence electrons. The van der Waals surface area contributed by atoms with Crippen LogP contribution in [0.5, 0.6) is 5.75 Å². The lowest BCUT2D eigenvalue weighted by molar-refractivity contribution is -0.134. The largest absolute Gasteiger partial charge is 0.484 e. The monoisotopic (exact) mass is 418 g/mol. The first-order chi connectivity index (χ1) is 15.2. The van der Waals surface area contributed by atoms with Gasteiger partial charge >= 0.3 is 0 Å². The Morgan fingerprint density at radius 1 is 1.00 bits per heavy atom. The van der Waals surface area contributed by atoms with Crippen molar-refractivity contribution in [1.82, 2.24) is 4.90 Å². The van der Waals surface area contributed by atoms with E-state index in [-0.39, 0.29) is 24.2 Å². The highest BCUT2D eigenvalue weighted by atomic mass is 16.5. The highest BCUT2D eigenvalue weighted by Gasteiger charge is 2.23. The average molecular weight is 418 g/mol. The van der Waals surface area contributed by atoms with Crippen molar-refractivity contribution in [2.24, 2.45) is 5.92 Å². The normalized spacial score (nSPS) is 14.3. The van der Waals surface area contributed by atoms with E-state index < -0.39 is 0 Å². The number of anilines is 1. The molecule has 2 amide bonds. The standard InChI is InChI=1S/C25H26N2O4/c28-24(27-13-11-20(12-14-27)16-19-6-2-1-3-7-19)18-31-22-9-4-8-21(17-22)26-25(29)23-10-5-15-30-23/h1-10,15,17,20H,11-14,16,18H2,(H,26,29). The topological polar surface area (TPSA) is 71.8 Å². The summed E-state index contributed by atoms with van der Waals surface area (Å²) >= 11 is 0. The number of likely N-dealkylation sites (tertiary alicyclic amines) is 1. The lowest BCUT2D eigenvalue weighted by Gasteiger charge is -2.32. The summed E-state index contributed by atoms with van der Waals surface area (Å²) in [6.45, 7) is 1.51. The maximum absolute atomic E-state index is 12.6. The van der Waals surface area contributed by atoms with E-state index in [1.54, 1.807) is 36.4 Å². The van der Waals surface area contributed by atoms with Gasteiger partial charge in [-0.2, -0.15) is 0 Å². The van der Waals surface area contributed by atoms with Gasteiger partial charge in [-0.05, 0) is 55.0 Å². The van der Waals surface area contributed by atoms with Gasteiger partial charge < -0.3 is 19.4 Å². The van der Waals surface area contributed by atoms with Crippen molar-refractivity contribution in [3.63, 3.8) is 0 Å². The molecule has 0 saturated carbocycles. The number of carbonyl (C=O) groups is 2. The summed E-state index contributed by atoms with van der Waals surface area (Å²) in [4.78, 5) is 26.5. The van der Waals surface area contributed by atoms with E-state index >= 15 is 0 Å². The molecule has 0 spiro atoms. The average Bonchev–Trinajstić information content (AvgIpc) is 3.34. The van der Waals surface area contributed by atoms with Crippen LogP contribution in [0, 0.1) is 5.92 Å². The Morgan fingerprint density at radius 3 is 2.55 bits per heavy atom. The van der Waals surface area contributed by atoms with Crippen LogP contribution >= 0.6 is 0 Å². The molecule has 0 unspecified atom stereocenters. The minimum atomic E-state index is -0.336. The number of hydrogen-bond donors (Lipinski definition) is 1. The van der Waals surface area contributed by atoms with Crippen molar-refractivity contribution in [2.75, 3.05) is 25.0 Å². The summed E-state index contributed by atoms with van der Waals surface area (Å²) in [6.07, 6.45) is 4.53. The fraction of sp³-hybridized carbons (Fsp3) is 0.280. The first-order valence-electron chi connectivity index (χ1n) is 10.6. The highest BCUT2D eigenvalue weighted by molar-refractivity contribution is 6.02. The van der Waals surface area contributed by atoms with E-state index in [0.29, 0.717) is 17.4 Å². The van der Waals surface area contributed by atoms with Gasteiger partial charge in [-0.25, -0.2) is 0 Å². The van der Waals surface area contributed by atoms with E-state index in [1.807, 2.05) is 11.0 Å². The van der Waals surface area contributed by atoms with Crippen LogP contribution in [0.4, 0.5) is 5.69 Å². The molecule has 6 nitrogen and oxygen atoms in total. The number of carbonyl (C=O) groups excluding carboxylic acids is 2. The summed E-state index contributed by atoms with van der Waals surface area (Å²) in [5.74, 6) is 1.03. The van der Waals surface area contributed by atoms with Crippen LogP contribution in [0.2, 0.25) is 0 Å². The smallest absolute Gasteiger partial charge is 0.291 e. The van der Waals surface area contributed by atoms with E-state index in [9.17, 15) is 9.59 Å². The Labute approximate surface area is 181 Å². The molecular weight excluding hydrogens is 392 g/mol. The molecule has 0 radical (unpaired) electrons. The summed E-state index contributed by atoms with van der Waals surface area (Å²) in [5, 5.41) is 2.75. The van der Waals surface area contributed by atoms with E-state index in [2.05, 4.69) is 29.6 Å². The number of amides is 2. The third-order valence-electron chi connectivity index (χ3n) is 5.53. The summed E-state index contributed by atoms with van der Waals surface area (Å²) in [5.41, 5.74) is 1.93. The van der Waals surface area contributed by atoms with Gasteiger partial charge in [-0.1, -0.05) is 36.4 Å². The first kappa shape index (κ1) is 20.7. The van der Waals surface area contributed by atoms with Crippen LogP contribution in [0.25, 0.3) is 0 Å². The third-order valence-corrected chi connectivity index (χ3v) is 5.53. The molecule has 2 aromatic carbocycles. The second-order valence-corrected chi connectivity index (χ2v) is 7.76. The van der Waals surface area contributed by atoms with Crippen LogP contribution in [0.3, 0.4) is 0 Å². The zero-order chi connectivity index (χ0) is 21.5. The van der Waals surface area contributed by atoms with Crippen LogP contribution < -0.4 is 10.1 Å². The zero-order valence-electron chi connectivity index (χ0n) is 17.3. The Kier molecular flexibility index (Phi) is 6.67. The quantitative estimate of drug-likeness (QED) is 0.618. The molecule has 6 heteroatoms. The van der Waals surface area contributed by atoms with Gasteiger partial charge in [0.2, 0.25) is 0 Å². The van der Waals surface area contributed by atoms with Crippen molar-refractivity contribution in [2.45, 2.75) is 19.3 Å². The molecule has 1 aromatic heterocycles. The van der Waals surface area contributed by atoms with Crippen LogP contribution in [0.1, 0.15) is 29.0 Å². The number of nitrogens with one attached hydrogen (secondary N) is 1. The van der Waals surface area contributed by atoms with E-state index in [1.165, 1.54) is 11.8 Å². The third kappa shape index (κ3) is 5.75. The number of nitrogens with zero attached hydrogens (tertiary/aromatic N) is 1. The van der Waals surface area contributed by atoms with Crippen LogP contribution in [-0.4, -0.2) is 36.4 Å². The Bertz CT molecular complexity index is 993. The lowest BCUT2D eigenvalue weighted by atomic mass is 9.90. The molecule has 2 heterocycles. The number of piperidine rings is 1. The van der Waals surface area contributed by atoms with Gasteiger partial charge in [0.15, 0.2) is 12.4 Å². The predicted molar refractivity (Wildman–Crippen MR) is 118 cm³/mol. The predicted octanol–water partition coefficient (Wildman–Crippen LogP) is 4.39. The van der Waals surface area contributed by atoms with E-state index in [4.69, 9.17) is 9.15 Å². The van der Waals surface area contributed by atoms with Crippen molar-refractivity contribution in [3.8, 4) is 5.75 Å². The molecule has 1 saturated heterocycles. The molecule has 1 fully saturated rings. The minimum absolute atomic E-state index is 0.0109. The zero-order valence-corrected chi connectivity index (χ0v) is 17.3. The Morgan fingerprint density at radius 2 is 1.81 bits per heavy atom. The minimum Gasteiger partial charge on any atom is -0.484 e. The molecule has 31 heavy (non-hydrogen) atoms. The molecule has 0 aliphatic carbocycles. The fourth-order valence-corrected chi connectivity index (χ4v) is 3.83. The second kappa shape index (κ2) is 9.98. The number of furan rings is 1. The van der Waals surface area contributed by atoms with Crippen molar-refractivity contribution in [1.29, 1.82) is 0 Å². The number of ether oxygens (including phenoxy) is 1. The van der Waals surface area contributed by atoms with Gasteiger partial charge in [0.05, 0.1) is 6.26 Å². The molecule has 4 rings (SSSR count). The summed E-state index contributed by atoms with van der Waals surface area (Å²) in [7, 11) is 0. The molecule has 1 aliphatic heterocycles. The Balaban J connectivity index is 1.23. The lowest BCUT2D eigenvalue weighted by Crippen LogP contribution is -2.41. The van der Waals surface area contributed by atoms with Gasteiger partial charge in [0.1, 0.15) is 5.75 Å². The van der Waals surface area contributed by atoms with Crippen LogP contribution in [0.15, 0.2) is 77.4 Å². The van der Waals surface area contributed by atoms with Crippen molar-refractivity contribution >= 4 is 17.5 Å². The Hall–Kier alpha value is -3.54. The molecule has 1 N–H and O–H groups in total. The molecule has 0 atom stereocenters. The number of benzene rings is 2. The van der Waals surface area contributed by atoms with Gasteiger partial charge in [0.25, 0.3) is 11.8 Å².